The third-order valence-electron chi connectivity index (χ3n) is 4.46. The highest BCUT2D eigenvalue weighted by molar-refractivity contribution is 6.39. The van der Waals surface area contributed by atoms with Gasteiger partial charge >= 0.3 is 6.61 Å². The van der Waals surface area contributed by atoms with E-state index in [0.29, 0.717) is 26.1 Å². The summed E-state index contributed by atoms with van der Waals surface area (Å²) in [6, 6.07) is 2.52. The lowest BCUT2D eigenvalue weighted by molar-refractivity contribution is -0.145. The topological polar surface area (TPSA) is 78.9 Å². The van der Waals surface area contributed by atoms with Gasteiger partial charge in [0, 0.05) is 25.2 Å². The van der Waals surface area contributed by atoms with E-state index in [0.717, 1.165) is 0 Å². The van der Waals surface area contributed by atoms with Crippen LogP contribution in [0.1, 0.15) is 23.2 Å². The van der Waals surface area contributed by atoms with Crippen molar-refractivity contribution in [3.8, 4) is 17.2 Å². The smallest absolute Gasteiger partial charge is 0.387 e. The van der Waals surface area contributed by atoms with Crippen molar-refractivity contribution >= 4 is 34.8 Å². The van der Waals surface area contributed by atoms with Crippen LogP contribution in [-0.4, -0.2) is 36.5 Å². The lowest BCUT2D eigenvalue weighted by Crippen LogP contribution is -2.44. The Balaban J connectivity index is 1.70. The Labute approximate surface area is 173 Å². The fourth-order valence-electron chi connectivity index (χ4n) is 3.10. The van der Waals surface area contributed by atoms with Crippen LogP contribution in [0.2, 0.25) is 10.0 Å². The normalized spacial score (nSPS) is 16.9. The number of nitrogens with one attached hydrogen (secondary N) is 1. The molecule has 0 atom stereocenters. The fourth-order valence-corrected chi connectivity index (χ4v) is 3.56. The molecule has 154 valence electrons. The lowest BCUT2D eigenvalue weighted by atomic mass is 10.1. The van der Waals surface area contributed by atoms with Crippen molar-refractivity contribution in [2.24, 2.45) is 0 Å². The van der Waals surface area contributed by atoms with E-state index < -0.39 is 18.3 Å². The molecule has 2 aliphatic rings. The molecule has 1 spiro atoms. The summed E-state index contributed by atoms with van der Waals surface area (Å²) in [7, 11) is 0. The van der Waals surface area contributed by atoms with E-state index in [-0.39, 0.29) is 38.5 Å². The standard InChI is InChI=1S/C18H14Cl2F2N2O5/c19-10-7-23-8-11(20)13(10)24-16(25)9-1-2-12(27-17(21)22)15-14(9)28-18(29-15)3-5-26-6-4-18/h1-2,7-8,17H,3-6H2,(H,23,24,25). The molecule has 4 rings (SSSR count). The van der Waals surface area contributed by atoms with Gasteiger partial charge in [-0.05, 0) is 12.1 Å². The second-order valence-corrected chi connectivity index (χ2v) is 7.12. The molecule has 29 heavy (non-hydrogen) atoms. The second kappa shape index (κ2) is 7.81. The molecular weight excluding hydrogens is 433 g/mol. The minimum absolute atomic E-state index is 0.00357. The molecule has 2 aromatic rings. The summed E-state index contributed by atoms with van der Waals surface area (Å²) in [6.07, 6.45) is 3.37. The summed E-state index contributed by atoms with van der Waals surface area (Å²) in [5.74, 6) is -2.01. The fraction of sp³-hybridized carbons (Fsp3) is 0.333. The Hall–Kier alpha value is -2.36. The molecule has 1 fully saturated rings. The highest BCUT2D eigenvalue weighted by Crippen LogP contribution is 2.51. The van der Waals surface area contributed by atoms with Gasteiger partial charge in [0.15, 0.2) is 11.5 Å². The quantitative estimate of drug-likeness (QED) is 0.743. The van der Waals surface area contributed by atoms with Crippen LogP contribution in [0.25, 0.3) is 0 Å². The number of rotatable bonds is 4. The zero-order chi connectivity index (χ0) is 20.6. The minimum atomic E-state index is -3.07. The van der Waals surface area contributed by atoms with E-state index in [2.05, 4.69) is 15.0 Å². The van der Waals surface area contributed by atoms with Crippen LogP contribution in [-0.2, 0) is 4.74 Å². The summed E-state index contributed by atoms with van der Waals surface area (Å²) < 4.78 is 47.2. The summed E-state index contributed by atoms with van der Waals surface area (Å²) in [6.45, 7) is -2.34. The van der Waals surface area contributed by atoms with Gasteiger partial charge in [-0.3, -0.25) is 9.78 Å². The Kier molecular flexibility index (Phi) is 5.37. The molecule has 11 heteroatoms. The summed E-state index contributed by atoms with van der Waals surface area (Å²) >= 11 is 12.1. The van der Waals surface area contributed by atoms with Gasteiger partial charge < -0.3 is 24.3 Å². The number of fused-ring (bicyclic) bond motifs is 1. The Morgan fingerprint density at radius 3 is 2.45 bits per heavy atom. The molecule has 1 saturated heterocycles. The Bertz CT molecular complexity index is 934. The molecule has 7 nitrogen and oxygen atoms in total. The van der Waals surface area contributed by atoms with E-state index in [1.54, 1.807) is 0 Å². The van der Waals surface area contributed by atoms with Gasteiger partial charge in [-0.15, -0.1) is 0 Å². The number of nitrogens with zero attached hydrogens (tertiary/aromatic N) is 1. The van der Waals surface area contributed by atoms with Crippen LogP contribution in [0.15, 0.2) is 24.5 Å². The van der Waals surface area contributed by atoms with Crippen molar-refractivity contribution in [1.29, 1.82) is 0 Å². The van der Waals surface area contributed by atoms with Gasteiger partial charge in [-0.2, -0.15) is 8.78 Å². The van der Waals surface area contributed by atoms with Gasteiger partial charge in [0.05, 0.1) is 34.5 Å². The maximum atomic E-state index is 12.9. The van der Waals surface area contributed by atoms with E-state index in [1.807, 2.05) is 0 Å². The van der Waals surface area contributed by atoms with E-state index >= 15 is 0 Å². The first-order chi connectivity index (χ1) is 13.9. The van der Waals surface area contributed by atoms with Crippen LogP contribution in [0, 0.1) is 0 Å². The monoisotopic (exact) mass is 446 g/mol. The van der Waals surface area contributed by atoms with Crippen LogP contribution in [0.4, 0.5) is 14.5 Å². The molecule has 0 radical (unpaired) electrons. The Morgan fingerprint density at radius 1 is 1.14 bits per heavy atom. The first kappa shape index (κ1) is 19.9. The molecule has 3 heterocycles. The largest absolute Gasteiger partial charge is 0.447 e. The molecule has 1 N–H and O–H groups in total. The average molecular weight is 447 g/mol. The maximum Gasteiger partial charge on any atom is 0.387 e. The summed E-state index contributed by atoms with van der Waals surface area (Å²) in [5, 5.41) is 2.86. The van der Waals surface area contributed by atoms with Gasteiger partial charge in [0.2, 0.25) is 5.75 Å². The van der Waals surface area contributed by atoms with Crippen LogP contribution >= 0.6 is 23.2 Å². The van der Waals surface area contributed by atoms with Gasteiger partial charge in [-0.25, -0.2) is 0 Å². The van der Waals surface area contributed by atoms with Crippen LogP contribution in [0.5, 0.6) is 17.2 Å². The third-order valence-corrected chi connectivity index (χ3v) is 5.03. The highest BCUT2D eigenvalue weighted by Gasteiger charge is 2.46. The Morgan fingerprint density at radius 2 is 1.79 bits per heavy atom. The molecule has 0 bridgehead atoms. The third kappa shape index (κ3) is 3.90. The number of anilines is 1. The maximum absolute atomic E-state index is 12.9. The number of ether oxygens (including phenoxy) is 4. The lowest BCUT2D eigenvalue weighted by Gasteiger charge is -2.31. The van der Waals surface area contributed by atoms with E-state index in [9.17, 15) is 13.6 Å². The predicted molar refractivity (Wildman–Crippen MR) is 99.3 cm³/mol. The van der Waals surface area contributed by atoms with Gasteiger partial charge in [0.25, 0.3) is 11.7 Å². The number of hydrogen-bond donors (Lipinski definition) is 1. The molecule has 0 saturated carbocycles. The van der Waals surface area contributed by atoms with Crippen LogP contribution < -0.4 is 19.5 Å². The number of benzene rings is 1. The number of halogens is 4. The van der Waals surface area contributed by atoms with E-state index in [1.165, 1.54) is 24.5 Å². The summed E-state index contributed by atoms with van der Waals surface area (Å²) in [4.78, 5) is 16.7. The van der Waals surface area contributed by atoms with Gasteiger partial charge in [0.1, 0.15) is 0 Å². The molecule has 1 amide bonds. The molecular formula is C18H14Cl2F2N2O5. The van der Waals surface area contributed by atoms with Crippen molar-refractivity contribution in [3.05, 3.63) is 40.1 Å². The average Bonchev–Trinajstić information content (AvgIpc) is 3.04. The number of carbonyl (C=O) groups is 1. The molecule has 2 aliphatic heterocycles. The number of alkyl halides is 2. The minimum Gasteiger partial charge on any atom is -0.447 e. The second-order valence-electron chi connectivity index (χ2n) is 6.31. The van der Waals surface area contributed by atoms with Crippen molar-refractivity contribution in [1.82, 2.24) is 4.98 Å². The van der Waals surface area contributed by atoms with Gasteiger partial charge in [-0.1, -0.05) is 23.2 Å². The number of amides is 1. The van der Waals surface area contributed by atoms with Crippen molar-refractivity contribution in [2.45, 2.75) is 25.2 Å². The highest BCUT2D eigenvalue weighted by atomic mass is 35.5. The SMILES string of the molecule is O=C(Nc1c(Cl)cncc1Cl)c1ccc(OC(F)F)c2c1OC1(CCOCC1)O2. The predicted octanol–water partition coefficient (Wildman–Crippen LogP) is 4.52. The van der Waals surface area contributed by atoms with Crippen molar-refractivity contribution in [2.75, 3.05) is 18.5 Å². The molecule has 0 unspecified atom stereocenters. The summed E-state index contributed by atoms with van der Waals surface area (Å²) in [5.41, 5.74) is 0.212. The number of aromatic nitrogens is 1. The zero-order valence-corrected chi connectivity index (χ0v) is 16.2. The van der Waals surface area contributed by atoms with Crippen LogP contribution in [0.3, 0.4) is 0 Å². The molecule has 1 aromatic heterocycles. The van der Waals surface area contributed by atoms with E-state index in [4.69, 9.17) is 37.4 Å². The number of carbonyl (C=O) groups excluding carboxylic acids is 1. The van der Waals surface area contributed by atoms with Crippen molar-refractivity contribution in [3.63, 3.8) is 0 Å². The van der Waals surface area contributed by atoms with Crippen molar-refractivity contribution < 1.29 is 32.5 Å². The zero-order valence-electron chi connectivity index (χ0n) is 14.7. The number of pyridine rings is 1. The first-order valence-electron chi connectivity index (χ1n) is 8.56. The molecule has 0 aliphatic carbocycles. The molecule has 1 aromatic carbocycles. The number of hydrogen-bond acceptors (Lipinski definition) is 6. The first-order valence-corrected chi connectivity index (χ1v) is 9.32.